The molecule has 1 unspecified atom stereocenters. The first kappa shape index (κ1) is 26.1. The molecule has 1 amide bonds. The van der Waals surface area contributed by atoms with Crippen molar-refractivity contribution >= 4 is 42.7 Å². The maximum Gasteiger partial charge on any atom is 0.255 e. The van der Waals surface area contributed by atoms with E-state index in [-0.39, 0.29) is 35.2 Å². The van der Waals surface area contributed by atoms with Crippen molar-refractivity contribution in [2.45, 2.75) is 37.9 Å². The van der Waals surface area contributed by atoms with E-state index in [0.29, 0.717) is 42.2 Å². The zero-order valence-corrected chi connectivity index (χ0v) is 21.9. The van der Waals surface area contributed by atoms with E-state index in [1.54, 1.807) is 13.0 Å². The maximum absolute atomic E-state index is 13.5. The summed E-state index contributed by atoms with van der Waals surface area (Å²) in [5.74, 6) is -0.373. The zero-order valence-electron chi connectivity index (χ0n) is 20.2. The molecule has 0 spiro atoms. The minimum absolute atomic E-state index is 0.0536. The minimum Gasteiger partial charge on any atom is -0.437 e. The first-order valence-corrected chi connectivity index (χ1v) is 15.1. The van der Waals surface area contributed by atoms with Crippen LogP contribution in [0.15, 0.2) is 34.7 Å². The van der Waals surface area contributed by atoms with Crippen LogP contribution in [0, 0.1) is 12.7 Å². The largest absolute Gasteiger partial charge is 0.437 e. The molecule has 0 saturated carbocycles. The Morgan fingerprint density at radius 3 is 2.56 bits per heavy atom. The number of aryl methyl sites for hydroxylation is 1. The Hall–Kier alpha value is -2.99. The topological polar surface area (TPSA) is 127 Å². The van der Waals surface area contributed by atoms with Gasteiger partial charge in [-0.15, -0.1) is 0 Å². The van der Waals surface area contributed by atoms with Crippen LogP contribution in [0.5, 0.6) is 0 Å². The standard InChI is InChI=1S/C24H28FN3O6S2/c1-15-14-19-20(23(29)26-2)21(16-8-10-17(25)11-9-16)34-24(19)27-22(15)28(35(3,30)31)12-4-6-18-7-5-13-36(18,32)33/h8-11,14,18H,4-7,12-13H2,1-3H3,(H,26,29). The number of hydrogen-bond donors (Lipinski definition) is 1. The fraction of sp³-hybridized carbons (Fsp3) is 0.417. The number of furan rings is 1. The summed E-state index contributed by atoms with van der Waals surface area (Å²) in [4.78, 5) is 17.2. The summed E-state index contributed by atoms with van der Waals surface area (Å²) in [6.45, 7) is 1.73. The molecule has 1 N–H and O–H groups in total. The first-order chi connectivity index (χ1) is 16.9. The molecule has 1 atom stereocenters. The van der Waals surface area contributed by atoms with Crippen LogP contribution < -0.4 is 9.62 Å². The van der Waals surface area contributed by atoms with E-state index in [1.807, 2.05) is 0 Å². The van der Waals surface area contributed by atoms with Crippen LogP contribution in [0.4, 0.5) is 10.2 Å². The fourth-order valence-electron chi connectivity index (χ4n) is 4.60. The number of rotatable bonds is 8. The quantitative estimate of drug-likeness (QED) is 0.466. The van der Waals surface area contributed by atoms with Crippen molar-refractivity contribution in [2.75, 3.05) is 29.9 Å². The zero-order chi connectivity index (χ0) is 26.3. The van der Waals surface area contributed by atoms with Crippen LogP contribution in [0.3, 0.4) is 0 Å². The molecular weight excluding hydrogens is 509 g/mol. The average molecular weight is 538 g/mol. The van der Waals surface area contributed by atoms with Gasteiger partial charge in [-0.3, -0.25) is 9.10 Å². The number of aromatic nitrogens is 1. The third kappa shape index (κ3) is 5.10. The molecule has 0 radical (unpaired) electrons. The molecule has 36 heavy (non-hydrogen) atoms. The van der Waals surface area contributed by atoms with Crippen LogP contribution in [-0.4, -0.2) is 58.6 Å². The van der Waals surface area contributed by atoms with E-state index in [4.69, 9.17) is 4.42 Å². The number of fused-ring (bicyclic) bond motifs is 1. The highest BCUT2D eigenvalue weighted by molar-refractivity contribution is 7.92. The molecule has 2 aromatic heterocycles. The number of nitrogens with one attached hydrogen (secondary N) is 1. The lowest BCUT2D eigenvalue weighted by Crippen LogP contribution is -2.33. The van der Waals surface area contributed by atoms with Gasteiger partial charge in [0.1, 0.15) is 17.4 Å². The highest BCUT2D eigenvalue weighted by Gasteiger charge is 2.32. The summed E-state index contributed by atoms with van der Waals surface area (Å²) in [6, 6.07) is 7.09. The van der Waals surface area contributed by atoms with Crippen molar-refractivity contribution < 1.29 is 30.4 Å². The van der Waals surface area contributed by atoms with Crippen LogP contribution in [0.1, 0.15) is 41.6 Å². The van der Waals surface area contributed by atoms with Gasteiger partial charge >= 0.3 is 0 Å². The SMILES string of the molecule is CNC(=O)c1c(-c2ccc(F)cc2)oc2nc(N(CCCC3CCCS3(=O)=O)S(C)(=O)=O)c(C)cc12. The first-order valence-electron chi connectivity index (χ1n) is 11.5. The van der Waals surface area contributed by atoms with Gasteiger partial charge in [-0.1, -0.05) is 0 Å². The van der Waals surface area contributed by atoms with E-state index in [9.17, 15) is 26.0 Å². The number of pyridine rings is 1. The van der Waals surface area contributed by atoms with E-state index < -0.39 is 36.8 Å². The molecule has 0 aliphatic carbocycles. The molecule has 9 nitrogen and oxygen atoms in total. The number of sulfone groups is 1. The lowest BCUT2D eigenvalue weighted by Gasteiger charge is -2.23. The monoisotopic (exact) mass is 537 g/mol. The fourth-order valence-corrected chi connectivity index (χ4v) is 7.51. The summed E-state index contributed by atoms with van der Waals surface area (Å²) >= 11 is 0. The molecule has 1 aliphatic heterocycles. The molecule has 1 aromatic carbocycles. The van der Waals surface area contributed by atoms with Gasteiger partial charge in [0.2, 0.25) is 15.7 Å². The summed E-state index contributed by atoms with van der Waals surface area (Å²) in [6.07, 6.45) is 2.99. The molecule has 3 aromatic rings. The van der Waals surface area contributed by atoms with E-state index in [2.05, 4.69) is 10.3 Å². The average Bonchev–Trinajstić information content (AvgIpc) is 3.34. The van der Waals surface area contributed by atoms with Crippen molar-refractivity contribution in [3.8, 4) is 11.3 Å². The van der Waals surface area contributed by atoms with Gasteiger partial charge < -0.3 is 9.73 Å². The summed E-state index contributed by atoms with van der Waals surface area (Å²) in [5.41, 5.74) is 1.22. The van der Waals surface area contributed by atoms with Crippen molar-refractivity contribution in [1.29, 1.82) is 0 Å². The highest BCUT2D eigenvalue weighted by atomic mass is 32.2. The second-order valence-corrected chi connectivity index (χ2v) is 13.3. The Morgan fingerprint density at radius 2 is 1.97 bits per heavy atom. The molecule has 194 valence electrons. The number of hydrogen-bond acceptors (Lipinski definition) is 7. The third-order valence-corrected chi connectivity index (χ3v) is 9.89. The van der Waals surface area contributed by atoms with Gasteiger partial charge in [0.15, 0.2) is 9.84 Å². The van der Waals surface area contributed by atoms with Crippen LogP contribution in [-0.2, 0) is 19.9 Å². The number of nitrogens with zero attached hydrogens (tertiary/aromatic N) is 2. The van der Waals surface area contributed by atoms with Crippen LogP contribution in [0.25, 0.3) is 22.4 Å². The minimum atomic E-state index is -3.76. The van der Waals surface area contributed by atoms with Crippen molar-refractivity contribution in [3.05, 3.63) is 47.3 Å². The van der Waals surface area contributed by atoms with Crippen LogP contribution >= 0.6 is 0 Å². The maximum atomic E-state index is 13.5. The number of sulfonamides is 1. The Kier molecular flexibility index (Phi) is 7.11. The molecule has 1 fully saturated rings. The normalized spacial score (nSPS) is 17.4. The van der Waals surface area contributed by atoms with Crippen molar-refractivity contribution in [3.63, 3.8) is 0 Å². The number of amides is 1. The van der Waals surface area contributed by atoms with Crippen molar-refractivity contribution in [1.82, 2.24) is 10.3 Å². The van der Waals surface area contributed by atoms with Gasteiger partial charge in [-0.05, 0) is 68.5 Å². The summed E-state index contributed by atoms with van der Waals surface area (Å²) in [5, 5.41) is 2.51. The molecular formula is C24H28FN3O6S2. The second kappa shape index (κ2) is 9.81. The number of halogens is 1. The van der Waals surface area contributed by atoms with E-state index in [1.165, 1.54) is 31.3 Å². The molecule has 12 heteroatoms. The molecule has 1 saturated heterocycles. The lowest BCUT2D eigenvalue weighted by atomic mass is 10.0. The van der Waals surface area contributed by atoms with E-state index >= 15 is 0 Å². The number of anilines is 1. The summed E-state index contributed by atoms with van der Waals surface area (Å²) < 4.78 is 70.2. The van der Waals surface area contributed by atoms with Crippen LogP contribution in [0.2, 0.25) is 0 Å². The van der Waals surface area contributed by atoms with Crippen molar-refractivity contribution in [2.24, 2.45) is 0 Å². The molecule has 0 bridgehead atoms. The number of carbonyl (C=O) groups excluding carboxylic acids is 1. The Labute approximate surface area is 209 Å². The van der Waals surface area contributed by atoms with Gasteiger partial charge in [-0.25, -0.2) is 21.2 Å². The number of benzene rings is 1. The molecule has 4 rings (SSSR count). The van der Waals surface area contributed by atoms with Gasteiger partial charge in [0, 0.05) is 19.2 Å². The predicted molar refractivity (Wildman–Crippen MR) is 136 cm³/mol. The summed E-state index contributed by atoms with van der Waals surface area (Å²) in [7, 11) is -5.41. The van der Waals surface area contributed by atoms with Gasteiger partial charge in [0.05, 0.1) is 28.2 Å². The smallest absolute Gasteiger partial charge is 0.255 e. The second-order valence-electron chi connectivity index (χ2n) is 8.98. The third-order valence-electron chi connectivity index (χ3n) is 6.39. The number of carbonyl (C=O) groups is 1. The molecule has 3 heterocycles. The van der Waals surface area contributed by atoms with E-state index in [0.717, 1.165) is 10.6 Å². The Bertz CT molecular complexity index is 1520. The molecule has 1 aliphatic rings. The Balaban J connectivity index is 1.74. The lowest BCUT2D eigenvalue weighted by molar-refractivity contribution is 0.0964. The highest BCUT2D eigenvalue weighted by Crippen LogP contribution is 2.36. The Morgan fingerprint density at radius 1 is 1.28 bits per heavy atom. The predicted octanol–water partition coefficient (Wildman–Crippen LogP) is 3.43. The van der Waals surface area contributed by atoms with Gasteiger partial charge in [-0.2, -0.15) is 4.98 Å². The van der Waals surface area contributed by atoms with Gasteiger partial charge in [0.25, 0.3) is 5.91 Å².